The number of carbonyl (C=O) groups is 1. The molecule has 2 aromatic carbocycles. The van der Waals surface area contributed by atoms with Gasteiger partial charge in [-0.15, -0.1) is 0 Å². The molecule has 1 heterocycles. The molecule has 0 bridgehead atoms. The van der Waals surface area contributed by atoms with Gasteiger partial charge in [-0.25, -0.2) is 0 Å². The van der Waals surface area contributed by atoms with E-state index in [0.717, 1.165) is 35.4 Å². The van der Waals surface area contributed by atoms with Crippen molar-refractivity contribution in [3.63, 3.8) is 0 Å². The van der Waals surface area contributed by atoms with Gasteiger partial charge >= 0.3 is 0 Å². The van der Waals surface area contributed by atoms with Crippen molar-refractivity contribution in [3.05, 3.63) is 58.7 Å². The van der Waals surface area contributed by atoms with Crippen molar-refractivity contribution in [2.75, 3.05) is 14.2 Å². The summed E-state index contributed by atoms with van der Waals surface area (Å²) in [4.78, 5) is 17.0. The monoisotopic (exact) mass is 363 g/mol. The summed E-state index contributed by atoms with van der Waals surface area (Å²) >= 11 is 0. The van der Waals surface area contributed by atoms with E-state index in [4.69, 9.17) is 14.5 Å². The zero-order valence-electron chi connectivity index (χ0n) is 16.1. The molecule has 4 nitrogen and oxygen atoms in total. The first kappa shape index (κ1) is 17.8. The molecule has 0 radical (unpaired) electrons. The minimum atomic E-state index is 0.0661. The molecule has 2 atom stereocenters. The Balaban J connectivity index is 1.91. The molecule has 4 heteroatoms. The van der Waals surface area contributed by atoms with E-state index in [1.54, 1.807) is 21.1 Å². The number of methoxy groups -OCH3 is 2. The second kappa shape index (κ2) is 7.18. The van der Waals surface area contributed by atoms with Crippen LogP contribution in [-0.4, -0.2) is 31.8 Å². The predicted molar refractivity (Wildman–Crippen MR) is 107 cm³/mol. The third-order valence-corrected chi connectivity index (χ3v) is 5.78. The fourth-order valence-electron chi connectivity index (χ4n) is 4.39. The third-order valence-electron chi connectivity index (χ3n) is 5.78. The molecule has 2 aromatic rings. The first-order chi connectivity index (χ1) is 13.1. The molecule has 1 fully saturated rings. The van der Waals surface area contributed by atoms with Gasteiger partial charge in [0.15, 0.2) is 17.3 Å². The fraction of sp³-hybridized carbons (Fsp3) is 0.391. The smallest absolute Gasteiger partial charge is 0.161 e. The molecule has 27 heavy (non-hydrogen) atoms. The van der Waals surface area contributed by atoms with Gasteiger partial charge in [0, 0.05) is 22.6 Å². The number of carbonyl (C=O) groups excluding carboxylic acids is 1. The van der Waals surface area contributed by atoms with E-state index in [2.05, 4.69) is 6.07 Å². The van der Waals surface area contributed by atoms with E-state index >= 15 is 0 Å². The lowest BCUT2D eigenvalue weighted by Crippen LogP contribution is -2.29. The summed E-state index contributed by atoms with van der Waals surface area (Å²) in [5.41, 5.74) is 5.03. The zero-order chi connectivity index (χ0) is 19.0. The number of Topliss-reactive ketones (excluding diaryl/α,β-unsaturated/α-hetero) is 1. The highest BCUT2D eigenvalue weighted by atomic mass is 16.5. The van der Waals surface area contributed by atoms with Crippen molar-refractivity contribution in [2.45, 2.75) is 44.6 Å². The molecule has 0 N–H and O–H groups in total. The van der Waals surface area contributed by atoms with Crippen LogP contribution in [0.15, 0.2) is 41.4 Å². The number of rotatable bonds is 4. The van der Waals surface area contributed by atoms with Crippen LogP contribution in [0, 0.1) is 0 Å². The Morgan fingerprint density at radius 3 is 2.52 bits per heavy atom. The van der Waals surface area contributed by atoms with Gasteiger partial charge in [0.25, 0.3) is 0 Å². The number of benzene rings is 2. The van der Waals surface area contributed by atoms with Gasteiger partial charge in [0.1, 0.15) is 0 Å². The topological polar surface area (TPSA) is 47.9 Å². The first-order valence-corrected chi connectivity index (χ1v) is 9.58. The van der Waals surface area contributed by atoms with Gasteiger partial charge in [0.2, 0.25) is 0 Å². The number of nitrogens with zero attached hydrogens (tertiary/aromatic N) is 1. The number of hydrogen-bond acceptors (Lipinski definition) is 4. The second-order valence-electron chi connectivity index (χ2n) is 7.37. The lowest BCUT2D eigenvalue weighted by molar-refractivity contribution is 0.101. The molecule has 1 aliphatic heterocycles. The lowest BCUT2D eigenvalue weighted by Gasteiger charge is -2.35. The van der Waals surface area contributed by atoms with Crippen LogP contribution in [0.1, 0.15) is 65.6 Å². The maximum Gasteiger partial charge on any atom is 0.161 e. The van der Waals surface area contributed by atoms with Crippen LogP contribution in [0.5, 0.6) is 11.5 Å². The highest BCUT2D eigenvalue weighted by Gasteiger charge is 2.34. The molecule has 0 aromatic heterocycles. The van der Waals surface area contributed by atoms with Crippen LogP contribution in [0.2, 0.25) is 0 Å². The van der Waals surface area contributed by atoms with Crippen molar-refractivity contribution in [2.24, 2.45) is 4.99 Å². The molecule has 0 spiro atoms. The molecule has 4 rings (SSSR count). The van der Waals surface area contributed by atoms with E-state index in [9.17, 15) is 4.79 Å². The van der Waals surface area contributed by atoms with Gasteiger partial charge in [-0.3, -0.25) is 9.79 Å². The van der Waals surface area contributed by atoms with Crippen LogP contribution in [0.25, 0.3) is 0 Å². The van der Waals surface area contributed by atoms with E-state index < -0.39 is 0 Å². The normalized spacial score (nSPS) is 20.9. The second-order valence-corrected chi connectivity index (χ2v) is 7.37. The van der Waals surface area contributed by atoms with Crippen molar-refractivity contribution in [1.29, 1.82) is 0 Å². The zero-order valence-corrected chi connectivity index (χ0v) is 16.1. The van der Waals surface area contributed by atoms with E-state index in [1.165, 1.54) is 18.4 Å². The summed E-state index contributed by atoms with van der Waals surface area (Å²) in [6.45, 7) is 1.60. The van der Waals surface area contributed by atoms with E-state index in [1.807, 2.05) is 30.3 Å². The van der Waals surface area contributed by atoms with Gasteiger partial charge in [-0.2, -0.15) is 0 Å². The summed E-state index contributed by atoms with van der Waals surface area (Å²) in [5, 5.41) is 0. The molecule has 1 aliphatic carbocycles. The van der Waals surface area contributed by atoms with Crippen LogP contribution in [-0.2, 0) is 0 Å². The van der Waals surface area contributed by atoms with Crippen LogP contribution in [0.3, 0.4) is 0 Å². The van der Waals surface area contributed by atoms with Crippen molar-refractivity contribution in [1.82, 2.24) is 0 Å². The molecule has 140 valence electrons. The SMILES string of the molecule is COc1cc2c(cc1OC)[C@@H]1CCCC[C@@H]1N=C2c1cccc(C(C)=O)c1. The van der Waals surface area contributed by atoms with Crippen molar-refractivity contribution in [3.8, 4) is 11.5 Å². The molecule has 0 amide bonds. The van der Waals surface area contributed by atoms with Crippen LogP contribution in [0.4, 0.5) is 0 Å². The van der Waals surface area contributed by atoms with E-state index in [-0.39, 0.29) is 5.78 Å². The molecular weight excluding hydrogens is 338 g/mol. The standard InChI is InChI=1S/C23H25NO3/c1-14(25)15-7-6-8-16(11-15)23-19-13-22(27-3)21(26-2)12-18(19)17-9-4-5-10-20(17)24-23/h6-8,11-13,17,20H,4-5,9-10H2,1-3H3/t17-,20-/m0/s1. The number of ketones is 1. The molecule has 1 saturated carbocycles. The minimum absolute atomic E-state index is 0.0661. The quantitative estimate of drug-likeness (QED) is 0.734. The van der Waals surface area contributed by atoms with Crippen LogP contribution < -0.4 is 9.47 Å². The largest absolute Gasteiger partial charge is 0.493 e. The lowest BCUT2D eigenvalue weighted by atomic mass is 9.75. The summed E-state index contributed by atoms with van der Waals surface area (Å²) in [6, 6.07) is 12.2. The Labute approximate surface area is 160 Å². The average molecular weight is 363 g/mol. The summed E-state index contributed by atoms with van der Waals surface area (Å²) in [7, 11) is 3.33. The molecule has 2 aliphatic rings. The Morgan fingerprint density at radius 2 is 1.78 bits per heavy atom. The summed E-state index contributed by atoms with van der Waals surface area (Å²) in [6.07, 6.45) is 4.71. The van der Waals surface area contributed by atoms with Gasteiger partial charge < -0.3 is 9.47 Å². The Hall–Kier alpha value is -2.62. The van der Waals surface area contributed by atoms with Gasteiger partial charge in [0.05, 0.1) is 26.0 Å². The Kier molecular flexibility index (Phi) is 4.73. The summed E-state index contributed by atoms with van der Waals surface area (Å²) in [5.74, 6) is 1.96. The maximum absolute atomic E-state index is 11.9. The fourth-order valence-corrected chi connectivity index (χ4v) is 4.39. The van der Waals surface area contributed by atoms with Crippen molar-refractivity contribution < 1.29 is 14.3 Å². The number of aliphatic imine (C=N–C) groups is 1. The van der Waals surface area contributed by atoms with Crippen LogP contribution >= 0.6 is 0 Å². The highest BCUT2D eigenvalue weighted by molar-refractivity contribution is 6.15. The Bertz CT molecular complexity index is 916. The average Bonchev–Trinajstić information content (AvgIpc) is 2.72. The minimum Gasteiger partial charge on any atom is -0.493 e. The third kappa shape index (κ3) is 3.14. The Morgan fingerprint density at radius 1 is 1.04 bits per heavy atom. The number of hydrogen-bond donors (Lipinski definition) is 0. The van der Waals surface area contributed by atoms with E-state index in [0.29, 0.717) is 23.3 Å². The van der Waals surface area contributed by atoms with Gasteiger partial charge in [-0.1, -0.05) is 31.0 Å². The molecule has 0 saturated heterocycles. The summed E-state index contributed by atoms with van der Waals surface area (Å²) < 4.78 is 11.1. The molecule has 0 unspecified atom stereocenters. The van der Waals surface area contributed by atoms with Crippen molar-refractivity contribution >= 4 is 11.5 Å². The molecular formula is C23H25NO3. The predicted octanol–water partition coefficient (Wildman–Crippen LogP) is 4.78. The first-order valence-electron chi connectivity index (χ1n) is 9.58. The number of fused-ring (bicyclic) bond motifs is 3. The van der Waals surface area contributed by atoms with Gasteiger partial charge in [-0.05, 0) is 43.5 Å². The number of ether oxygens (including phenoxy) is 2. The highest BCUT2D eigenvalue weighted by Crippen LogP contribution is 2.44. The maximum atomic E-state index is 11.9.